The van der Waals surface area contributed by atoms with Crippen LogP contribution in [0.2, 0.25) is 0 Å². The molecule has 0 saturated carbocycles. The molecule has 9 nitrogen and oxygen atoms in total. The zero-order valence-corrected chi connectivity index (χ0v) is 62.7. The van der Waals surface area contributed by atoms with Crippen LogP contribution in [-0.4, -0.2) is 69.4 Å². The number of unbranched alkanes of at least 4 members (excludes halogenated alkanes) is 47. The number of amides is 1. The number of carbonyl (C=O) groups is 2. The highest BCUT2D eigenvalue weighted by Crippen LogP contribution is 2.38. The largest absolute Gasteiger partial charge is 0.756 e. The molecule has 0 aromatic carbocycles. The van der Waals surface area contributed by atoms with Gasteiger partial charge in [-0.3, -0.25) is 14.2 Å². The summed E-state index contributed by atoms with van der Waals surface area (Å²) < 4.78 is 30.5. The van der Waals surface area contributed by atoms with E-state index in [1.165, 1.54) is 263 Å². The van der Waals surface area contributed by atoms with Gasteiger partial charge in [-0.15, -0.1) is 0 Å². The fourth-order valence-electron chi connectivity index (χ4n) is 11.8. The summed E-state index contributed by atoms with van der Waals surface area (Å²) in [6, 6.07) is -0.891. The van der Waals surface area contributed by atoms with E-state index in [-0.39, 0.29) is 31.5 Å². The third kappa shape index (κ3) is 71.7. The summed E-state index contributed by atoms with van der Waals surface area (Å²) in [6.07, 6.45) is 94.8. The molecule has 0 fully saturated rings. The second kappa shape index (κ2) is 71.2. The maximum absolute atomic E-state index is 13.7. The average molecular weight is 1310 g/mol. The molecule has 0 rings (SSSR count). The Labute approximate surface area is 572 Å². The maximum atomic E-state index is 13.7. The van der Waals surface area contributed by atoms with Crippen LogP contribution >= 0.6 is 7.82 Å². The molecule has 0 saturated heterocycles. The van der Waals surface area contributed by atoms with Crippen LogP contribution in [-0.2, 0) is 27.9 Å². The summed E-state index contributed by atoms with van der Waals surface area (Å²) >= 11 is 0. The molecular formula is C82H153N2O7P. The number of hydrogen-bond acceptors (Lipinski definition) is 7. The maximum Gasteiger partial charge on any atom is 0.306 e. The normalized spacial score (nSPS) is 13.8. The molecule has 0 aliphatic carbocycles. The number of nitrogens with zero attached hydrogens (tertiary/aromatic N) is 1. The molecule has 0 radical (unpaired) electrons. The Morgan fingerprint density at radius 1 is 0.391 bits per heavy atom. The standard InChI is InChI=1S/C82H153N2O7P/c1-7-10-13-16-19-22-25-28-30-32-34-36-38-40-42-44-46-48-50-52-54-56-59-62-65-68-71-74-81(85)83-79(78-90-92(87,88)89-77-76-84(4,5)6)80(73-70-67-64-61-58-27-24-21-18-15-12-9-3)91-82(86)75-72-69-66-63-60-57-55-53-51-49-47-45-43-41-39-37-35-33-31-29-26-23-20-17-14-11-8-2/h11,14,20,23,29,31,35,37,41,43,70,73,79-80H,7-10,12-13,15-19,21-22,24-28,30,32-34,36,38-40,42,44-69,71-72,74-78H2,1-6H3,(H-,83,85,87,88)/b14-11-,23-20-,31-29-,37-35-,43-41-,73-70+. The molecular weight excluding hydrogens is 1160 g/mol. The molecule has 0 aliphatic heterocycles. The van der Waals surface area contributed by atoms with Crippen LogP contribution in [0.15, 0.2) is 72.9 Å². The Kier molecular flexibility index (Phi) is 69.3. The van der Waals surface area contributed by atoms with E-state index in [9.17, 15) is 19.0 Å². The van der Waals surface area contributed by atoms with Crippen molar-refractivity contribution in [3.8, 4) is 0 Å². The molecule has 1 N–H and O–H groups in total. The summed E-state index contributed by atoms with van der Waals surface area (Å²) in [7, 11) is 1.20. The summed E-state index contributed by atoms with van der Waals surface area (Å²) in [4.78, 5) is 40.3. The van der Waals surface area contributed by atoms with Gasteiger partial charge in [-0.25, -0.2) is 0 Å². The van der Waals surface area contributed by atoms with Crippen molar-refractivity contribution in [2.75, 3.05) is 40.9 Å². The fraction of sp³-hybridized carbons (Fsp3) is 0.829. The zero-order chi connectivity index (χ0) is 67.0. The van der Waals surface area contributed by atoms with Crippen LogP contribution < -0.4 is 10.2 Å². The van der Waals surface area contributed by atoms with Crippen molar-refractivity contribution in [2.45, 2.75) is 399 Å². The SMILES string of the molecule is CC/C=C\C/C=C\C/C=C\C/C=C\C/C=C\CCCCCCCCCCCCCC(=O)OC(/C=C/CCCCCCCCCCCC)C(COP(=O)([O-])OCC[N+](C)(C)C)NC(=O)CCCCCCCCCCCCCCCCCCCCCCCCCCCCC. The van der Waals surface area contributed by atoms with Gasteiger partial charge in [0.05, 0.1) is 33.8 Å². The quantitative estimate of drug-likeness (QED) is 0.0212. The first-order chi connectivity index (χ1) is 44.9. The van der Waals surface area contributed by atoms with Gasteiger partial charge >= 0.3 is 5.97 Å². The molecule has 0 aromatic heterocycles. The van der Waals surface area contributed by atoms with Gasteiger partial charge in [0.2, 0.25) is 5.91 Å². The van der Waals surface area contributed by atoms with Crippen molar-refractivity contribution in [3.05, 3.63) is 72.9 Å². The van der Waals surface area contributed by atoms with Crippen molar-refractivity contribution in [3.63, 3.8) is 0 Å². The lowest BCUT2D eigenvalue weighted by Gasteiger charge is -2.30. The number of ether oxygens (including phenoxy) is 1. The second-order valence-corrected chi connectivity index (χ2v) is 29.6. The first-order valence-electron chi connectivity index (χ1n) is 39.7. The second-order valence-electron chi connectivity index (χ2n) is 28.2. The number of phosphoric ester groups is 1. The van der Waals surface area contributed by atoms with Gasteiger partial charge in [-0.1, -0.05) is 370 Å². The van der Waals surface area contributed by atoms with E-state index in [1.807, 2.05) is 33.3 Å². The Hall–Kier alpha value is -2.55. The summed E-state index contributed by atoms with van der Waals surface area (Å²) in [5, 5.41) is 3.06. The van der Waals surface area contributed by atoms with Crippen LogP contribution in [0.1, 0.15) is 387 Å². The smallest absolute Gasteiger partial charge is 0.306 e. The van der Waals surface area contributed by atoms with Crippen molar-refractivity contribution in [1.29, 1.82) is 0 Å². The van der Waals surface area contributed by atoms with Crippen LogP contribution in [0, 0.1) is 0 Å². The minimum absolute atomic E-state index is 0.0222. The lowest BCUT2D eigenvalue weighted by Crippen LogP contribution is -2.47. The van der Waals surface area contributed by atoms with Gasteiger partial charge in [-0.05, 0) is 76.7 Å². The predicted octanol–water partition coefficient (Wildman–Crippen LogP) is 25.2. The Morgan fingerprint density at radius 3 is 1.04 bits per heavy atom. The highest BCUT2D eigenvalue weighted by Gasteiger charge is 2.27. The van der Waals surface area contributed by atoms with Gasteiger partial charge in [0.25, 0.3) is 7.82 Å². The monoisotopic (exact) mass is 1310 g/mol. The fourth-order valence-corrected chi connectivity index (χ4v) is 12.6. The Morgan fingerprint density at radius 2 is 0.696 bits per heavy atom. The Bertz CT molecular complexity index is 1800. The van der Waals surface area contributed by atoms with Crippen LogP contribution in [0.3, 0.4) is 0 Å². The molecule has 1 amide bonds. The third-order valence-corrected chi connectivity index (χ3v) is 18.9. The molecule has 0 aromatic rings. The lowest BCUT2D eigenvalue weighted by molar-refractivity contribution is -0.870. The van der Waals surface area contributed by atoms with E-state index in [0.717, 1.165) is 89.9 Å². The van der Waals surface area contributed by atoms with Crippen molar-refractivity contribution >= 4 is 19.7 Å². The number of rotatable bonds is 73. The van der Waals surface area contributed by atoms with E-state index in [2.05, 4.69) is 86.8 Å². The molecule has 538 valence electrons. The number of hydrogen-bond donors (Lipinski definition) is 1. The lowest BCUT2D eigenvalue weighted by atomic mass is 10.0. The number of esters is 1. The molecule has 10 heteroatoms. The number of likely N-dealkylation sites (N-methyl/N-ethyl adjacent to an activating group) is 1. The third-order valence-electron chi connectivity index (χ3n) is 17.9. The number of nitrogens with one attached hydrogen (secondary N) is 1. The summed E-state index contributed by atoms with van der Waals surface area (Å²) in [5.74, 6) is -0.527. The minimum Gasteiger partial charge on any atom is -0.756 e. The van der Waals surface area contributed by atoms with Gasteiger partial charge in [0, 0.05) is 12.8 Å². The first-order valence-corrected chi connectivity index (χ1v) is 41.2. The van der Waals surface area contributed by atoms with E-state index in [0.29, 0.717) is 17.4 Å². The summed E-state index contributed by atoms with van der Waals surface area (Å²) in [6.45, 7) is 6.79. The van der Waals surface area contributed by atoms with Gasteiger partial charge < -0.3 is 28.5 Å². The van der Waals surface area contributed by atoms with E-state index >= 15 is 0 Å². The van der Waals surface area contributed by atoms with E-state index < -0.39 is 20.0 Å². The number of carbonyl (C=O) groups excluding carboxylic acids is 2. The summed E-state index contributed by atoms with van der Waals surface area (Å²) in [5.41, 5.74) is 0. The first kappa shape index (κ1) is 89.5. The van der Waals surface area contributed by atoms with Gasteiger partial charge in [0.15, 0.2) is 0 Å². The number of quaternary nitrogens is 1. The predicted molar refractivity (Wildman–Crippen MR) is 399 cm³/mol. The minimum atomic E-state index is -4.71. The molecule has 3 unspecified atom stereocenters. The van der Waals surface area contributed by atoms with Crippen molar-refractivity contribution in [2.24, 2.45) is 0 Å². The molecule has 3 atom stereocenters. The van der Waals surface area contributed by atoms with E-state index in [4.69, 9.17) is 13.8 Å². The molecule has 92 heavy (non-hydrogen) atoms. The zero-order valence-electron chi connectivity index (χ0n) is 61.8. The average Bonchev–Trinajstić information content (AvgIpc) is 3.72. The topological polar surface area (TPSA) is 114 Å². The molecule has 0 aliphatic rings. The van der Waals surface area contributed by atoms with Crippen LogP contribution in [0.5, 0.6) is 0 Å². The number of phosphoric acid groups is 1. The highest BCUT2D eigenvalue weighted by molar-refractivity contribution is 7.45. The van der Waals surface area contributed by atoms with Gasteiger partial charge in [-0.2, -0.15) is 0 Å². The molecule has 0 heterocycles. The van der Waals surface area contributed by atoms with Gasteiger partial charge in [0.1, 0.15) is 19.3 Å². The van der Waals surface area contributed by atoms with Crippen molar-refractivity contribution < 1.29 is 37.3 Å². The highest BCUT2D eigenvalue weighted by atomic mass is 31.2. The van der Waals surface area contributed by atoms with E-state index in [1.54, 1.807) is 0 Å². The number of allylic oxidation sites excluding steroid dienone is 11. The molecule has 0 bridgehead atoms. The van der Waals surface area contributed by atoms with Crippen LogP contribution in [0.4, 0.5) is 0 Å². The van der Waals surface area contributed by atoms with Crippen molar-refractivity contribution in [1.82, 2.24) is 5.32 Å². The Balaban J connectivity index is 4.91. The van der Waals surface area contributed by atoms with Crippen LogP contribution in [0.25, 0.3) is 0 Å². The molecule has 0 spiro atoms.